The Morgan fingerprint density at radius 3 is 1.83 bits per heavy atom. The molecule has 0 saturated carbocycles. The second-order valence-corrected chi connectivity index (χ2v) is 9.01. The molecule has 18 heavy (non-hydrogen) atoms. The molecule has 5 heteroatoms. The number of piperidine rings is 1. The molecule has 1 aliphatic rings. The van der Waals surface area contributed by atoms with Gasteiger partial charge in [-0.2, -0.15) is 0 Å². The summed E-state index contributed by atoms with van der Waals surface area (Å²) in [5, 5.41) is 0. The van der Waals surface area contributed by atoms with Gasteiger partial charge >= 0.3 is 8.80 Å². The van der Waals surface area contributed by atoms with E-state index >= 15 is 0 Å². The van der Waals surface area contributed by atoms with Crippen molar-refractivity contribution in [2.75, 3.05) is 47.6 Å². The molecule has 0 atom stereocenters. The monoisotopic (exact) mass is 276 g/mol. The molecule has 4 nitrogen and oxygen atoms in total. The lowest BCUT2D eigenvalue weighted by atomic mass is 9.86. The molecular weight excluding hydrogens is 246 g/mol. The van der Waals surface area contributed by atoms with E-state index in [-0.39, 0.29) is 0 Å². The standard InChI is InChI=1S/C13H30NO3Si/c1-12(2)13-7-9-14(3,10-8-13)11-18(15-4,16-5)17-6/h12-13H,7-11H2,1-6H3/q+1. The highest BCUT2D eigenvalue weighted by Gasteiger charge is 2.48. The van der Waals surface area contributed by atoms with Crippen molar-refractivity contribution in [3.05, 3.63) is 0 Å². The minimum atomic E-state index is -2.45. The Kier molecular flexibility index (Phi) is 5.80. The van der Waals surface area contributed by atoms with Crippen LogP contribution in [-0.2, 0) is 13.3 Å². The van der Waals surface area contributed by atoms with E-state index in [2.05, 4.69) is 20.9 Å². The molecule has 0 bridgehead atoms. The van der Waals surface area contributed by atoms with Crippen molar-refractivity contribution in [3.8, 4) is 0 Å². The molecule has 0 aliphatic carbocycles. The van der Waals surface area contributed by atoms with Crippen molar-refractivity contribution < 1.29 is 17.8 Å². The summed E-state index contributed by atoms with van der Waals surface area (Å²) in [6.07, 6.45) is 3.48. The van der Waals surface area contributed by atoms with Gasteiger partial charge in [-0.1, -0.05) is 13.8 Å². The first kappa shape index (κ1) is 16.1. The minimum absolute atomic E-state index is 0.799. The van der Waals surface area contributed by atoms with Gasteiger partial charge in [0, 0.05) is 21.3 Å². The number of quaternary nitrogens is 1. The summed E-state index contributed by atoms with van der Waals surface area (Å²) in [6, 6.07) is 0. The quantitative estimate of drug-likeness (QED) is 0.548. The number of hydrogen-bond acceptors (Lipinski definition) is 3. The summed E-state index contributed by atoms with van der Waals surface area (Å²) in [4.78, 5) is 0. The van der Waals surface area contributed by atoms with Crippen molar-refractivity contribution in [1.82, 2.24) is 0 Å². The van der Waals surface area contributed by atoms with Crippen LogP contribution in [-0.4, -0.2) is 60.9 Å². The van der Waals surface area contributed by atoms with E-state index in [1.165, 1.54) is 25.9 Å². The van der Waals surface area contributed by atoms with E-state index in [0.717, 1.165) is 22.5 Å². The maximum Gasteiger partial charge on any atom is 0.558 e. The highest BCUT2D eigenvalue weighted by Crippen LogP contribution is 2.29. The third kappa shape index (κ3) is 3.77. The molecule has 108 valence electrons. The van der Waals surface area contributed by atoms with Crippen LogP contribution in [0.4, 0.5) is 0 Å². The van der Waals surface area contributed by atoms with Crippen LogP contribution in [0.25, 0.3) is 0 Å². The van der Waals surface area contributed by atoms with Crippen LogP contribution in [0.1, 0.15) is 26.7 Å². The zero-order valence-corrected chi connectivity index (χ0v) is 13.9. The lowest BCUT2D eigenvalue weighted by molar-refractivity contribution is -0.908. The Bertz CT molecular complexity index is 240. The average Bonchev–Trinajstić information content (AvgIpc) is 2.37. The molecule has 1 saturated heterocycles. The Balaban J connectivity index is 2.61. The van der Waals surface area contributed by atoms with Gasteiger partial charge in [0.1, 0.15) is 6.17 Å². The highest BCUT2D eigenvalue weighted by atomic mass is 28.4. The van der Waals surface area contributed by atoms with Gasteiger partial charge in [0.15, 0.2) is 0 Å². The molecule has 0 aromatic rings. The van der Waals surface area contributed by atoms with E-state index in [1.54, 1.807) is 21.3 Å². The molecule has 0 aromatic heterocycles. The van der Waals surface area contributed by atoms with Crippen LogP contribution in [0, 0.1) is 11.8 Å². The smallest absolute Gasteiger partial charge is 0.374 e. The number of likely N-dealkylation sites (tertiary alicyclic amines) is 1. The molecule has 0 spiro atoms. The predicted molar refractivity (Wildman–Crippen MR) is 75.1 cm³/mol. The highest BCUT2D eigenvalue weighted by molar-refractivity contribution is 6.60. The van der Waals surface area contributed by atoms with E-state index in [1.807, 2.05) is 0 Å². The second-order valence-electron chi connectivity index (χ2n) is 6.10. The maximum atomic E-state index is 5.56. The molecule has 1 rings (SSSR count). The Labute approximate surface area is 113 Å². The van der Waals surface area contributed by atoms with Crippen LogP contribution in [0.15, 0.2) is 0 Å². The summed E-state index contributed by atoms with van der Waals surface area (Å²) in [6.45, 7) is 7.07. The first-order valence-electron chi connectivity index (χ1n) is 6.89. The van der Waals surface area contributed by atoms with Gasteiger partial charge in [-0.3, -0.25) is 0 Å². The van der Waals surface area contributed by atoms with Crippen molar-refractivity contribution in [3.63, 3.8) is 0 Å². The van der Waals surface area contributed by atoms with Crippen molar-refractivity contribution in [1.29, 1.82) is 0 Å². The van der Waals surface area contributed by atoms with Crippen molar-refractivity contribution in [2.24, 2.45) is 11.8 Å². The van der Waals surface area contributed by atoms with Gasteiger partial charge < -0.3 is 17.8 Å². The number of nitrogens with zero attached hydrogens (tertiary/aromatic N) is 1. The normalized spacial score (nSPS) is 29.8. The molecule has 1 fully saturated rings. The minimum Gasteiger partial charge on any atom is -0.374 e. The number of rotatable bonds is 6. The molecule has 0 amide bonds. The van der Waals surface area contributed by atoms with Crippen LogP contribution >= 0.6 is 0 Å². The first-order chi connectivity index (χ1) is 8.40. The number of hydrogen-bond donors (Lipinski definition) is 0. The summed E-state index contributed by atoms with van der Waals surface area (Å²) in [5.41, 5.74) is 0. The Hall–Kier alpha value is 0.0569. The molecule has 0 N–H and O–H groups in total. The average molecular weight is 276 g/mol. The van der Waals surface area contributed by atoms with Gasteiger partial charge in [-0.25, -0.2) is 0 Å². The predicted octanol–water partition coefficient (Wildman–Crippen LogP) is 1.92. The van der Waals surface area contributed by atoms with E-state index < -0.39 is 8.80 Å². The lowest BCUT2D eigenvalue weighted by Gasteiger charge is -2.44. The van der Waals surface area contributed by atoms with Crippen LogP contribution in [0.3, 0.4) is 0 Å². The SMILES string of the molecule is CO[Si](C[N+]1(C)CCC(C(C)C)CC1)(OC)OC. The van der Waals surface area contributed by atoms with Crippen molar-refractivity contribution >= 4 is 8.80 Å². The van der Waals surface area contributed by atoms with E-state index in [9.17, 15) is 0 Å². The van der Waals surface area contributed by atoms with E-state index in [4.69, 9.17) is 13.3 Å². The fraction of sp³-hybridized carbons (Fsp3) is 1.00. The summed E-state index contributed by atoms with van der Waals surface area (Å²) in [7, 11) is 4.95. The molecule has 0 aromatic carbocycles. The molecule has 0 unspecified atom stereocenters. The first-order valence-corrected chi connectivity index (χ1v) is 8.82. The second kappa shape index (κ2) is 6.48. The fourth-order valence-electron chi connectivity index (χ4n) is 2.95. The summed E-state index contributed by atoms with van der Waals surface area (Å²) >= 11 is 0. The molecule has 1 heterocycles. The third-order valence-electron chi connectivity index (χ3n) is 4.53. The maximum absolute atomic E-state index is 5.56. The Morgan fingerprint density at radius 1 is 1.06 bits per heavy atom. The van der Waals surface area contributed by atoms with Gasteiger partial charge in [0.05, 0.1) is 20.1 Å². The zero-order valence-electron chi connectivity index (χ0n) is 12.9. The van der Waals surface area contributed by atoms with Gasteiger partial charge in [0.25, 0.3) is 0 Å². The van der Waals surface area contributed by atoms with Gasteiger partial charge in [-0.15, -0.1) is 0 Å². The fourth-order valence-corrected chi connectivity index (χ4v) is 5.09. The summed E-state index contributed by atoms with van der Waals surface area (Å²) in [5.74, 6) is 1.67. The molecule has 1 aliphatic heterocycles. The topological polar surface area (TPSA) is 27.7 Å². The van der Waals surface area contributed by atoms with E-state index in [0.29, 0.717) is 0 Å². The van der Waals surface area contributed by atoms with Crippen LogP contribution in [0.5, 0.6) is 0 Å². The zero-order chi connectivity index (χ0) is 13.8. The van der Waals surface area contributed by atoms with Gasteiger partial charge in [-0.05, 0) is 24.7 Å². The molecular formula is C13H30NO3Si+. The Morgan fingerprint density at radius 2 is 1.50 bits per heavy atom. The van der Waals surface area contributed by atoms with Crippen LogP contribution in [0.2, 0.25) is 0 Å². The lowest BCUT2D eigenvalue weighted by Crippen LogP contribution is -2.62. The summed E-state index contributed by atoms with van der Waals surface area (Å²) < 4.78 is 17.7. The van der Waals surface area contributed by atoms with Crippen LogP contribution < -0.4 is 0 Å². The molecule has 0 radical (unpaired) electrons. The van der Waals surface area contributed by atoms with Gasteiger partial charge in [0.2, 0.25) is 0 Å². The van der Waals surface area contributed by atoms with Crippen molar-refractivity contribution in [2.45, 2.75) is 26.7 Å². The third-order valence-corrected chi connectivity index (χ3v) is 7.55. The largest absolute Gasteiger partial charge is 0.558 e.